The summed E-state index contributed by atoms with van der Waals surface area (Å²) in [5.74, 6) is -0.405. The quantitative estimate of drug-likeness (QED) is 0.833. The van der Waals surface area contributed by atoms with Crippen molar-refractivity contribution in [2.45, 2.75) is 39.3 Å². The van der Waals surface area contributed by atoms with Crippen molar-refractivity contribution < 1.29 is 14.3 Å². The summed E-state index contributed by atoms with van der Waals surface area (Å²) in [6, 6.07) is 12.9. The summed E-state index contributed by atoms with van der Waals surface area (Å²) in [4.78, 5) is 24.8. The van der Waals surface area contributed by atoms with Crippen LogP contribution in [0.1, 0.15) is 38.8 Å². The van der Waals surface area contributed by atoms with Gasteiger partial charge >= 0.3 is 12.0 Å². The predicted octanol–water partition coefficient (Wildman–Crippen LogP) is 3.81. The fourth-order valence-corrected chi connectivity index (χ4v) is 3.03. The Kier molecular flexibility index (Phi) is 4.74. The number of carbonyl (C=O) groups excluding carboxylic acids is 2. The van der Waals surface area contributed by atoms with Crippen LogP contribution in [0.15, 0.2) is 53.7 Å². The van der Waals surface area contributed by atoms with Crippen molar-refractivity contribution in [3.05, 3.63) is 59.3 Å². The standard InChI is InChI=1S/C20H22N2O3/c1-4-12(2)25-19(23)17-13(3)21-20(24)22-18(17)16-11-7-9-14-8-5-6-10-15(14)16/h5-12,18H,4H2,1-3H3,(H2,21,22,24)/t12-,18-/m0/s1. The molecule has 1 aliphatic rings. The molecule has 0 unspecified atom stereocenters. The molecule has 0 aliphatic carbocycles. The van der Waals surface area contributed by atoms with E-state index in [2.05, 4.69) is 10.6 Å². The molecule has 2 atom stereocenters. The van der Waals surface area contributed by atoms with E-state index in [0.29, 0.717) is 11.3 Å². The minimum atomic E-state index is -0.545. The molecule has 5 nitrogen and oxygen atoms in total. The van der Waals surface area contributed by atoms with Gasteiger partial charge in [-0.25, -0.2) is 9.59 Å². The van der Waals surface area contributed by atoms with Gasteiger partial charge in [-0.15, -0.1) is 0 Å². The first-order chi connectivity index (χ1) is 12.0. The number of amides is 2. The van der Waals surface area contributed by atoms with Crippen molar-refractivity contribution in [2.75, 3.05) is 0 Å². The summed E-state index contributed by atoms with van der Waals surface area (Å²) in [5.41, 5.74) is 1.84. The molecule has 0 bridgehead atoms. The highest BCUT2D eigenvalue weighted by atomic mass is 16.5. The van der Waals surface area contributed by atoms with Crippen LogP contribution in [0.2, 0.25) is 0 Å². The molecule has 130 valence electrons. The van der Waals surface area contributed by atoms with Crippen molar-refractivity contribution in [1.29, 1.82) is 0 Å². The number of nitrogens with one attached hydrogen (secondary N) is 2. The van der Waals surface area contributed by atoms with E-state index >= 15 is 0 Å². The number of hydrogen-bond acceptors (Lipinski definition) is 3. The van der Waals surface area contributed by atoms with Gasteiger partial charge in [-0.1, -0.05) is 49.4 Å². The highest BCUT2D eigenvalue weighted by Crippen LogP contribution is 2.32. The summed E-state index contributed by atoms with van der Waals surface area (Å²) < 4.78 is 5.52. The number of hydrogen-bond donors (Lipinski definition) is 2. The van der Waals surface area contributed by atoms with Crippen LogP contribution in [0.5, 0.6) is 0 Å². The molecule has 3 rings (SSSR count). The molecule has 25 heavy (non-hydrogen) atoms. The Labute approximate surface area is 147 Å². The monoisotopic (exact) mass is 338 g/mol. The van der Waals surface area contributed by atoms with Gasteiger partial charge in [-0.3, -0.25) is 0 Å². The highest BCUT2D eigenvalue weighted by Gasteiger charge is 2.33. The molecular weight excluding hydrogens is 316 g/mol. The number of carbonyl (C=O) groups is 2. The first-order valence-electron chi connectivity index (χ1n) is 8.48. The van der Waals surface area contributed by atoms with Gasteiger partial charge in [0.2, 0.25) is 0 Å². The van der Waals surface area contributed by atoms with E-state index in [1.54, 1.807) is 6.92 Å². The highest BCUT2D eigenvalue weighted by molar-refractivity contribution is 5.97. The van der Waals surface area contributed by atoms with E-state index in [9.17, 15) is 9.59 Å². The molecule has 1 aliphatic heterocycles. The van der Waals surface area contributed by atoms with E-state index in [-0.39, 0.29) is 12.1 Å². The summed E-state index contributed by atoms with van der Waals surface area (Å²) >= 11 is 0. The Morgan fingerprint density at radius 3 is 2.68 bits per heavy atom. The molecule has 2 amide bonds. The second-order valence-electron chi connectivity index (χ2n) is 6.26. The molecule has 5 heteroatoms. The minimum absolute atomic E-state index is 0.182. The lowest BCUT2D eigenvalue weighted by atomic mass is 9.91. The first kappa shape index (κ1) is 17.0. The van der Waals surface area contributed by atoms with Gasteiger partial charge in [0.15, 0.2) is 0 Å². The maximum absolute atomic E-state index is 12.7. The summed E-state index contributed by atoms with van der Waals surface area (Å²) in [7, 11) is 0. The molecule has 2 aromatic rings. The molecule has 0 spiro atoms. The van der Waals surface area contributed by atoms with Crippen molar-refractivity contribution in [3.8, 4) is 0 Å². The molecule has 0 fully saturated rings. The SMILES string of the molecule is CC[C@H](C)OC(=O)C1=C(C)NC(=O)N[C@H]1c1cccc2ccccc12. The van der Waals surface area contributed by atoms with Crippen LogP contribution in [0.4, 0.5) is 4.79 Å². The van der Waals surface area contributed by atoms with E-state index in [4.69, 9.17) is 4.74 Å². The van der Waals surface area contributed by atoms with Crippen LogP contribution in [0.25, 0.3) is 10.8 Å². The lowest BCUT2D eigenvalue weighted by Gasteiger charge is -2.29. The van der Waals surface area contributed by atoms with E-state index in [1.807, 2.05) is 56.3 Å². The third-order valence-corrected chi connectivity index (χ3v) is 4.51. The lowest BCUT2D eigenvalue weighted by molar-refractivity contribution is -0.144. The Hall–Kier alpha value is -2.82. The largest absolute Gasteiger partial charge is 0.459 e. The number of allylic oxidation sites excluding steroid dienone is 1. The number of urea groups is 1. The van der Waals surface area contributed by atoms with E-state index < -0.39 is 12.0 Å². The zero-order valence-electron chi connectivity index (χ0n) is 14.6. The molecule has 0 radical (unpaired) electrons. The lowest BCUT2D eigenvalue weighted by Crippen LogP contribution is -2.45. The zero-order chi connectivity index (χ0) is 18.0. The van der Waals surface area contributed by atoms with Crippen LogP contribution in [-0.2, 0) is 9.53 Å². The Bertz CT molecular complexity index is 852. The fraction of sp³-hybridized carbons (Fsp3) is 0.300. The molecule has 2 aromatic carbocycles. The third kappa shape index (κ3) is 3.36. The number of benzene rings is 2. The number of esters is 1. The van der Waals surface area contributed by atoms with Gasteiger partial charge in [0.25, 0.3) is 0 Å². The summed E-state index contributed by atoms with van der Waals surface area (Å²) in [6.45, 7) is 5.54. The maximum Gasteiger partial charge on any atom is 0.338 e. The van der Waals surface area contributed by atoms with Crippen molar-refractivity contribution in [1.82, 2.24) is 10.6 Å². The second kappa shape index (κ2) is 6.97. The van der Waals surface area contributed by atoms with Crippen LogP contribution in [0.3, 0.4) is 0 Å². The molecule has 0 aromatic heterocycles. The molecule has 0 saturated carbocycles. The van der Waals surface area contributed by atoms with E-state index in [1.165, 1.54) is 0 Å². The van der Waals surface area contributed by atoms with Gasteiger partial charge < -0.3 is 15.4 Å². The zero-order valence-corrected chi connectivity index (χ0v) is 14.6. The van der Waals surface area contributed by atoms with Crippen LogP contribution in [-0.4, -0.2) is 18.1 Å². The van der Waals surface area contributed by atoms with Gasteiger partial charge in [0.05, 0.1) is 17.7 Å². The number of ether oxygens (including phenoxy) is 1. The first-order valence-corrected chi connectivity index (χ1v) is 8.48. The van der Waals surface area contributed by atoms with Crippen LogP contribution < -0.4 is 10.6 Å². The molecular formula is C20H22N2O3. The van der Waals surface area contributed by atoms with Crippen LogP contribution in [0, 0.1) is 0 Å². The topological polar surface area (TPSA) is 67.4 Å². The van der Waals surface area contributed by atoms with Crippen LogP contribution >= 0.6 is 0 Å². The summed E-state index contributed by atoms with van der Waals surface area (Å²) in [6.07, 6.45) is 0.551. The van der Waals surface area contributed by atoms with Gasteiger partial charge in [-0.2, -0.15) is 0 Å². The van der Waals surface area contributed by atoms with Crippen molar-refractivity contribution in [2.24, 2.45) is 0 Å². The van der Waals surface area contributed by atoms with E-state index in [0.717, 1.165) is 22.8 Å². The van der Waals surface area contributed by atoms with Crippen molar-refractivity contribution >= 4 is 22.8 Å². The normalized spacial score (nSPS) is 18.5. The maximum atomic E-state index is 12.7. The third-order valence-electron chi connectivity index (χ3n) is 4.51. The minimum Gasteiger partial charge on any atom is -0.459 e. The molecule has 0 saturated heterocycles. The van der Waals surface area contributed by atoms with Gasteiger partial charge in [0, 0.05) is 5.70 Å². The fourth-order valence-electron chi connectivity index (χ4n) is 3.03. The average Bonchev–Trinajstić information content (AvgIpc) is 2.60. The number of fused-ring (bicyclic) bond motifs is 1. The Balaban J connectivity index is 2.09. The summed E-state index contributed by atoms with van der Waals surface area (Å²) in [5, 5.41) is 7.60. The Morgan fingerprint density at radius 2 is 1.92 bits per heavy atom. The van der Waals surface area contributed by atoms with Gasteiger partial charge in [0.1, 0.15) is 0 Å². The molecule has 2 N–H and O–H groups in total. The smallest absolute Gasteiger partial charge is 0.338 e. The molecule has 1 heterocycles. The van der Waals surface area contributed by atoms with Crippen molar-refractivity contribution in [3.63, 3.8) is 0 Å². The number of rotatable bonds is 4. The second-order valence-corrected chi connectivity index (χ2v) is 6.26. The van der Waals surface area contributed by atoms with Gasteiger partial charge in [-0.05, 0) is 36.6 Å². The predicted molar refractivity (Wildman–Crippen MR) is 96.9 cm³/mol. The Morgan fingerprint density at radius 1 is 1.20 bits per heavy atom. The average molecular weight is 338 g/mol.